The summed E-state index contributed by atoms with van der Waals surface area (Å²) in [5.41, 5.74) is 0. The Kier molecular flexibility index (Phi) is 7.53. The van der Waals surface area contributed by atoms with Crippen LogP contribution >= 0.6 is 0 Å². The molecule has 2 aliphatic carbocycles. The van der Waals surface area contributed by atoms with Crippen LogP contribution in [0.25, 0.3) is 0 Å². The minimum Gasteiger partial charge on any atom is -0.393 e. The number of aliphatic hydroxyl groups is 1. The van der Waals surface area contributed by atoms with Gasteiger partial charge in [0.25, 0.3) is 0 Å². The van der Waals surface area contributed by atoms with E-state index in [2.05, 4.69) is 10.6 Å². The number of nitrogens with one attached hydrogen (secondary N) is 2. The van der Waals surface area contributed by atoms with Crippen molar-refractivity contribution in [1.29, 1.82) is 0 Å². The minimum atomic E-state index is -0.323. The van der Waals surface area contributed by atoms with Crippen LogP contribution in [0.3, 0.4) is 0 Å². The van der Waals surface area contributed by atoms with Gasteiger partial charge in [-0.25, -0.2) is 0 Å². The summed E-state index contributed by atoms with van der Waals surface area (Å²) < 4.78 is 0. The number of aliphatic hydroxyl groups excluding tert-OH is 1. The summed E-state index contributed by atoms with van der Waals surface area (Å²) in [5.74, 6) is 0.946. The van der Waals surface area contributed by atoms with Crippen LogP contribution in [0.4, 0.5) is 0 Å². The van der Waals surface area contributed by atoms with E-state index in [1.807, 2.05) is 6.92 Å². The SMILES string of the molecule is CC(O)CC(C)CNC(=O)C1CCC(NC(=O)C2CCCC2)CC1. The third-order valence-electron chi connectivity index (χ3n) is 5.54. The Balaban J connectivity index is 1.64. The Morgan fingerprint density at radius 1 is 0.958 bits per heavy atom. The van der Waals surface area contributed by atoms with Crippen molar-refractivity contribution in [3.05, 3.63) is 0 Å². The van der Waals surface area contributed by atoms with E-state index < -0.39 is 0 Å². The van der Waals surface area contributed by atoms with E-state index in [9.17, 15) is 14.7 Å². The molecule has 0 aromatic heterocycles. The van der Waals surface area contributed by atoms with Gasteiger partial charge in [0.2, 0.25) is 11.8 Å². The number of carbonyl (C=O) groups is 2. The number of hydrogen-bond acceptors (Lipinski definition) is 3. The zero-order chi connectivity index (χ0) is 17.5. The largest absolute Gasteiger partial charge is 0.393 e. The first kappa shape index (κ1) is 19.2. The van der Waals surface area contributed by atoms with Crippen molar-refractivity contribution in [2.75, 3.05) is 6.54 Å². The van der Waals surface area contributed by atoms with Crippen molar-refractivity contribution in [3.63, 3.8) is 0 Å². The lowest BCUT2D eigenvalue weighted by atomic mass is 9.85. The van der Waals surface area contributed by atoms with Crippen LogP contribution in [0.5, 0.6) is 0 Å². The van der Waals surface area contributed by atoms with E-state index in [4.69, 9.17) is 0 Å². The van der Waals surface area contributed by atoms with Crippen LogP contribution in [-0.4, -0.2) is 35.6 Å². The standard InChI is InChI=1S/C19H34N2O3/c1-13(11-14(2)22)12-20-18(23)16-7-9-17(10-8-16)21-19(24)15-5-3-4-6-15/h13-17,22H,3-12H2,1-2H3,(H,20,23)(H,21,24). The molecule has 24 heavy (non-hydrogen) atoms. The van der Waals surface area contributed by atoms with Crippen molar-refractivity contribution in [3.8, 4) is 0 Å². The second-order valence-corrected chi connectivity index (χ2v) is 7.97. The van der Waals surface area contributed by atoms with Gasteiger partial charge in [-0.05, 0) is 57.8 Å². The van der Waals surface area contributed by atoms with Gasteiger partial charge in [-0.1, -0.05) is 19.8 Å². The monoisotopic (exact) mass is 338 g/mol. The molecule has 0 radical (unpaired) electrons. The highest BCUT2D eigenvalue weighted by Crippen LogP contribution is 2.27. The molecule has 138 valence electrons. The predicted octanol–water partition coefficient (Wildman–Crippen LogP) is 2.37. The fraction of sp³-hybridized carbons (Fsp3) is 0.895. The molecule has 2 aliphatic rings. The molecule has 2 atom stereocenters. The first-order chi connectivity index (χ1) is 11.5. The van der Waals surface area contributed by atoms with Crippen LogP contribution in [-0.2, 0) is 9.59 Å². The van der Waals surface area contributed by atoms with E-state index >= 15 is 0 Å². The van der Waals surface area contributed by atoms with Crippen molar-refractivity contribution in [2.24, 2.45) is 17.8 Å². The molecule has 3 N–H and O–H groups in total. The highest BCUT2D eigenvalue weighted by molar-refractivity contribution is 5.80. The maximum Gasteiger partial charge on any atom is 0.223 e. The fourth-order valence-electron chi connectivity index (χ4n) is 4.09. The van der Waals surface area contributed by atoms with Crippen molar-refractivity contribution >= 4 is 11.8 Å². The molecule has 0 spiro atoms. The maximum atomic E-state index is 12.3. The number of hydrogen-bond donors (Lipinski definition) is 3. The molecule has 2 amide bonds. The number of amides is 2. The molecule has 5 nitrogen and oxygen atoms in total. The molecule has 2 fully saturated rings. The quantitative estimate of drug-likeness (QED) is 0.667. The molecular weight excluding hydrogens is 304 g/mol. The average Bonchev–Trinajstić information content (AvgIpc) is 3.07. The second-order valence-electron chi connectivity index (χ2n) is 7.97. The van der Waals surface area contributed by atoms with Gasteiger partial charge >= 0.3 is 0 Å². The topological polar surface area (TPSA) is 78.4 Å². The first-order valence-corrected chi connectivity index (χ1v) is 9.71. The summed E-state index contributed by atoms with van der Waals surface area (Å²) in [6.07, 6.45) is 8.33. The lowest BCUT2D eigenvalue weighted by Crippen LogP contribution is -2.43. The Morgan fingerprint density at radius 3 is 2.12 bits per heavy atom. The second kappa shape index (κ2) is 9.40. The number of rotatable bonds is 7. The Labute approximate surface area is 146 Å². The third kappa shape index (κ3) is 6.08. The van der Waals surface area contributed by atoms with Gasteiger partial charge in [-0.2, -0.15) is 0 Å². The van der Waals surface area contributed by atoms with Gasteiger partial charge in [-0.15, -0.1) is 0 Å². The van der Waals surface area contributed by atoms with Crippen molar-refractivity contribution in [1.82, 2.24) is 10.6 Å². The van der Waals surface area contributed by atoms with Gasteiger partial charge in [0, 0.05) is 24.4 Å². The van der Waals surface area contributed by atoms with Crippen molar-refractivity contribution in [2.45, 2.75) is 83.8 Å². The van der Waals surface area contributed by atoms with Gasteiger partial charge < -0.3 is 15.7 Å². The minimum absolute atomic E-state index is 0.0726. The smallest absolute Gasteiger partial charge is 0.223 e. The van der Waals surface area contributed by atoms with Crippen LogP contribution < -0.4 is 10.6 Å². The van der Waals surface area contributed by atoms with E-state index in [0.717, 1.165) is 38.5 Å². The Hall–Kier alpha value is -1.10. The summed E-state index contributed by atoms with van der Waals surface area (Å²) >= 11 is 0. The van der Waals surface area contributed by atoms with Crippen LogP contribution in [0.1, 0.15) is 71.6 Å². The van der Waals surface area contributed by atoms with E-state index in [1.54, 1.807) is 6.92 Å². The molecule has 0 bridgehead atoms. The average molecular weight is 338 g/mol. The Bertz CT molecular complexity index is 411. The maximum absolute atomic E-state index is 12.3. The molecule has 0 aromatic carbocycles. The summed E-state index contributed by atoms with van der Waals surface area (Å²) in [6.45, 7) is 4.45. The molecule has 2 saturated carbocycles. The molecule has 0 heterocycles. The zero-order valence-corrected chi connectivity index (χ0v) is 15.2. The molecule has 0 aliphatic heterocycles. The lowest BCUT2D eigenvalue weighted by molar-refractivity contribution is -0.127. The van der Waals surface area contributed by atoms with E-state index in [1.165, 1.54) is 12.8 Å². The third-order valence-corrected chi connectivity index (χ3v) is 5.54. The van der Waals surface area contributed by atoms with Crippen LogP contribution in [0, 0.1) is 17.8 Å². The summed E-state index contributed by atoms with van der Waals surface area (Å²) in [4.78, 5) is 24.4. The summed E-state index contributed by atoms with van der Waals surface area (Å²) in [7, 11) is 0. The van der Waals surface area contributed by atoms with Gasteiger partial charge in [0.15, 0.2) is 0 Å². The van der Waals surface area contributed by atoms with Gasteiger partial charge in [0.1, 0.15) is 0 Å². The highest BCUT2D eigenvalue weighted by atomic mass is 16.3. The molecule has 2 unspecified atom stereocenters. The first-order valence-electron chi connectivity index (χ1n) is 9.71. The van der Waals surface area contributed by atoms with Gasteiger partial charge in [0.05, 0.1) is 6.10 Å². The van der Waals surface area contributed by atoms with E-state index in [-0.39, 0.29) is 41.7 Å². The molecule has 5 heteroatoms. The molecule has 2 rings (SSSR count). The molecule has 0 saturated heterocycles. The molecular formula is C19H34N2O3. The summed E-state index contributed by atoms with van der Waals surface area (Å²) in [5, 5.41) is 15.6. The zero-order valence-electron chi connectivity index (χ0n) is 15.2. The lowest BCUT2D eigenvalue weighted by Gasteiger charge is -2.29. The van der Waals surface area contributed by atoms with Gasteiger partial charge in [-0.3, -0.25) is 9.59 Å². The summed E-state index contributed by atoms with van der Waals surface area (Å²) in [6, 6.07) is 0.247. The highest BCUT2D eigenvalue weighted by Gasteiger charge is 2.29. The Morgan fingerprint density at radius 2 is 1.54 bits per heavy atom. The fourth-order valence-corrected chi connectivity index (χ4v) is 4.09. The normalized spacial score (nSPS) is 27.5. The van der Waals surface area contributed by atoms with Crippen LogP contribution in [0.2, 0.25) is 0 Å². The van der Waals surface area contributed by atoms with E-state index in [0.29, 0.717) is 13.0 Å². The van der Waals surface area contributed by atoms with Crippen LogP contribution in [0.15, 0.2) is 0 Å². The molecule has 0 aromatic rings. The predicted molar refractivity (Wildman–Crippen MR) is 94.3 cm³/mol. The van der Waals surface area contributed by atoms with Crippen molar-refractivity contribution < 1.29 is 14.7 Å². The number of carbonyl (C=O) groups excluding carboxylic acids is 2.